The van der Waals surface area contributed by atoms with Crippen molar-refractivity contribution in [3.8, 4) is 0 Å². The van der Waals surface area contributed by atoms with Crippen LogP contribution in [0.3, 0.4) is 0 Å². The monoisotopic (exact) mass is 228 g/mol. The number of carbonyl (C=O) groups excluding carboxylic acids is 1. The molecule has 1 N–H and O–H groups in total. The molecule has 0 radical (unpaired) electrons. The summed E-state index contributed by atoms with van der Waals surface area (Å²) < 4.78 is 5.05. The Kier molecular flexibility index (Phi) is 5.15. The Hall–Kier alpha value is -1.06. The summed E-state index contributed by atoms with van der Waals surface area (Å²) in [6.45, 7) is -0.606. The van der Waals surface area contributed by atoms with E-state index in [9.17, 15) is 4.79 Å². The van der Waals surface area contributed by atoms with Crippen LogP contribution >= 0.6 is 11.6 Å². The number of hydrogen-bond donors (Lipinski definition) is 1. The molecule has 0 spiro atoms. The average Bonchev–Trinajstić information content (AvgIpc) is 2.29. The summed E-state index contributed by atoms with van der Waals surface area (Å²) in [7, 11) is 0. The Balaban J connectivity index is 2.70. The highest BCUT2D eigenvalue weighted by Crippen LogP contribution is 2.21. The van der Waals surface area contributed by atoms with Crippen LogP contribution in [0.25, 0.3) is 0 Å². The Labute approximate surface area is 93.6 Å². The van der Waals surface area contributed by atoms with Gasteiger partial charge in [0, 0.05) is 12.3 Å². The Morgan fingerprint density at radius 1 is 1.40 bits per heavy atom. The molecule has 1 rings (SSSR count). The van der Waals surface area contributed by atoms with E-state index in [4.69, 9.17) is 21.4 Å². The number of carbonyl (C=O) groups is 1. The molecular formula is C11H13ClO3. The van der Waals surface area contributed by atoms with Crippen molar-refractivity contribution in [2.24, 2.45) is 0 Å². The lowest BCUT2D eigenvalue weighted by Crippen LogP contribution is -2.14. The number of halogens is 1. The first kappa shape index (κ1) is 12.0. The molecule has 0 aliphatic carbocycles. The van der Waals surface area contributed by atoms with E-state index in [0.717, 1.165) is 5.56 Å². The summed E-state index contributed by atoms with van der Waals surface area (Å²) >= 11 is 5.62. The van der Waals surface area contributed by atoms with Gasteiger partial charge in [-0.25, -0.2) is 4.79 Å². The molecule has 1 aromatic rings. The van der Waals surface area contributed by atoms with Gasteiger partial charge in [-0.05, 0) is 5.56 Å². The van der Waals surface area contributed by atoms with Crippen molar-refractivity contribution in [2.75, 3.05) is 12.5 Å². The van der Waals surface area contributed by atoms with E-state index >= 15 is 0 Å². The third-order valence-electron chi connectivity index (χ3n) is 1.95. The molecule has 0 aliphatic rings. The lowest BCUT2D eigenvalue weighted by Gasteiger charge is -2.16. The second-order valence-electron chi connectivity index (χ2n) is 3.02. The quantitative estimate of drug-likeness (QED) is 0.619. The van der Waals surface area contributed by atoms with Gasteiger partial charge < -0.3 is 9.84 Å². The van der Waals surface area contributed by atoms with Crippen LogP contribution in [0.4, 0.5) is 0 Å². The molecule has 0 fully saturated rings. The molecule has 0 aromatic heterocycles. The van der Waals surface area contributed by atoms with Gasteiger partial charge >= 0.3 is 5.97 Å². The second-order valence-corrected chi connectivity index (χ2v) is 3.40. The van der Waals surface area contributed by atoms with Crippen LogP contribution in [0.15, 0.2) is 30.3 Å². The zero-order chi connectivity index (χ0) is 11.1. The summed E-state index contributed by atoms with van der Waals surface area (Å²) in [5.41, 5.74) is 0.889. The minimum absolute atomic E-state index is 0.372. The largest absolute Gasteiger partial charge is 0.456 e. The SMILES string of the molecule is O=C(CO)O[C@H](CCCl)c1ccccc1. The molecule has 15 heavy (non-hydrogen) atoms. The van der Waals surface area contributed by atoms with Crippen LogP contribution in [0.5, 0.6) is 0 Å². The molecule has 82 valence electrons. The second kappa shape index (κ2) is 6.43. The van der Waals surface area contributed by atoms with Crippen LogP contribution in [0, 0.1) is 0 Å². The number of rotatable bonds is 5. The predicted octanol–water partition coefficient (Wildman–Crippen LogP) is 1.89. The normalized spacial score (nSPS) is 12.1. The van der Waals surface area contributed by atoms with Crippen molar-refractivity contribution in [3.63, 3.8) is 0 Å². The molecule has 3 nitrogen and oxygen atoms in total. The molecule has 0 aliphatic heterocycles. The Morgan fingerprint density at radius 2 is 2.07 bits per heavy atom. The third-order valence-corrected chi connectivity index (χ3v) is 2.16. The lowest BCUT2D eigenvalue weighted by molar-refractivity contribution is -0.152. The molecule has 0 amide bonds. The molecule has 0 heterocycles. The highest BCUT2D eigenvalue weighted by Gasteiger charge is 2.14. The van der Waals surface area contributed by atoms with Crippen LogP contribution in [0.2, 0.25) is 0 Å². The van der Waals surface area contributed by atoms with Gasteiger partial charge in [0.25, 0.3) is 0 Å². The molecular weight excluding hydrogens is 216 g/mol. The van der Waals surface area contributed by atoms with Gasteiger partial charge in [-0.3, -0.25) is 0 Å². The van der Waals surface area contributed by atoms with Gasteiger partial charge in [0.15, 0.2) is 0 Å². The smallest absolute Gasteiger partial charge is 0.332 e. The maximum absolute atomic E-state index is 11.0. The lowest BCUT2D eigenvalue weighted by atomic mass is 10.1. The zero-order valence-corrected chi connectivity index (χ0v) is 8.98. The van der Waals surface area contributed by atoms with Crippen molar-refractivity contribution in [2.45, 2.75) is 12.5 Å². The van der Waals surface area contributed by atoms with Gasteiger partial charge in [-0.2, -0.15) is 0 Å². The van der Waals surface area contributed by atoms with E-state index in [1.54, 1.807) is 0 Å². The van der Waals surface area contributed by atoms with Crippen LogP contribution in [-0.2, 0) is 9.53 Å². The van der Waals surface area contributed by atoms with Gasteiger partial charge in [-0.1, -0.05) is 30.3 Å². The van der Waals surface area contributed by atoms with Gasteiger partial charge in [0.05, 0.1) is 0 Å². The van der Waals surface area contributed by atoms with E-state index in [-0.39, 0.29) is 6.10 Å². The first-order valence-corrected chi connectivity index (χ1v) is 5.22. The zero-order valence-electron chi connectivity index (χ0n) is 8.23. The fourth-order valence-corrected chi connectivity index (χ4v) is 1.45. The van der Waals surface area contributed by atoms with Crippen molar-refractivity contribution in [1.29, 1.82) is 0 Å². The summed E-state index contributed by atoms with van der Waals surface area (Å²) in [6.07, 6.45) is 0.167. The Bertz CT molecular complexity index is 300. The van der Waals surface area contributed by atoms with Crippen LogP contribution in [0.1, 0.15) is 18.1 Å². The predicted molar refractivity (Wildman–Crippen MR) is 57.7 cm³/mol. The first-order valence-electron chi connectivity index (χ1n) is 4.69. The summed E-state index contributed by atoms with van der Waals surface area (Å²) in [5, 5.41) is 8.59. The van der Waals surface area contributed by atoms with Crippen LogP contribution < -0.4 is 0 Å². The fraction of sp³-hybridized carbons (Fsp3) is 0.364. The molecule has 4 heteroatoms. The third kappa shape index (κ3) is 3.90. The number of aliphatic hydroxyl groups is 1. The number of ether oxygens (including phenoxy) is 1. The van der Waals surface area contributed by atoms with E-state index in [0.29, 0.717) is 12.3 Å². The average molecular weight is 229 g/mol. The van der Waals surface area contributed by atoms with E-state index in [1.807, 2.05) is 30.3 Å². The van der Waals surface area contributed by atoms with Crippen molar-refractivity contribution in [3.05, 3.63) is 35.9 Å². The Morgan fingerprint density at radius 3 is 2.60 bits per heavy atom. The molecule has 0 bridgehead atoms. The van der Waals surface area contributed by atoms with Gasteiger partial charge in [0.2, 0.25) is 0 Å². The molecule has 0 unspecified atom stereocenters. The standard InChI is InChI=1S/C11H13ClO3/c12-7-6-10(15-11(14)8-13)9-4-2-1-3-5-9/h1-5,10,13H,6-8H2/t10-/m1/s1. The van der Waals surface area contributed by atoms with Gasteiger partial charge in [0.1, 0.15) is 12.7 Å². The van der Waals surface area contributed by atoms with E-state index in [1.165, 1.54) is 0 Å². The minimum Gasteiger partial charge on any atom is -0.456 e. The number of aliphatic hydroxyl groups excluding tert-OH is 1. The van der Waals surface area contributed by atoms with E-state index < -0.39 is 12.6 Å². The topological polar surface area (TPSA) is 46.5 Å². The first-order chi connectivity index (χ1) is 7.27. The fourth-order valence-electron chi connectivity index (χ4n) is 1.26. The van der Waals surface area contributed by atoms with Crippen LogP contribution in [-0.4, -0.2) is 23.6 Å². The van der Waals surface area contributed by atoms with Crippen molar-refractivity contribution in [1.82, 2.24) is 0 Å². The maximum Gasteiger partial charge on any atom is 0.332 e. The molecule has 0 saturated heterocycles. The summed E-state index contributed by atoms with van der Waals surface area (Å²) in [4.78, 5) is 11.0. The van der Waals surface area contributed by atoms with E-state index in [2.05, 4.69) is 0 Å². The van der Waals surface area contributed by atoms with Crippen molar-refractivity contribution < 1.29 is 14.6 Å². The van der Waals surface area contributed by atoms with Gasteiger partial charge in [-0.15, -0.1) is 11.6 Å². The summed E-state index contributed by atoms with van der Waals surface area (Å²) in [6, 6.07) is 9.34. The number of benzene rings is 1. The maximum atomic E-state index is 11.0. The minimum atomic E-state index is -0.631. The number of hydrogen-bond acceptors (Lipinski definition) is 3. The highest BCUT2D eigenvalue weighted by atomic mass is 35.5. The number of esters is 1. The molecule has 1 aromatic carbocycles. The number of alkyl halides is 1. The molecule has 1 atom stereocenters. The molecule has 0 saturated carbocycles. The highest BCUT2D eigenvalue weighted by molar-refractivity contribution is 6.17. The summed E-state index contributed by atoms with van der Waals surface area (Å²) in [5.74, 6) is -0.230. The van der Waals surface area contributed by atoms with Crippen molar-refractivity contribution >= 4 is 17.6 Å².